The highest BCUT2D eigenvalue weighted by Gasteiger charge is 2.39. The Morgan fingerprint density at radius 2 is 1.95 bits per heavy atom. The SMILES string of the molecule is CCCC1(C(=O)OCCOCC(C)C)CCNCC1. The van der Waals surface area contributed by atoms with Crippen LogP contribution in [0.1, 0.15) is 46.5 Å². The summed E-state index contributed by atoms with van der Waals surface area (Å²) in [5.74, 6) is 0.496. The molecular formula is C15H29NO3. The van der Waals surface area contributed by atoms with Gasteiger partial charge in [0.1, 0.15) is 6.61 Å². The molecule has 0 aliphatic carbocycles. The van der Waals surface area contributed by atoms with Crippen LogP contribution in [0.25, 0.3) is 0 Å². The molecule has 0 bridgehead atoms. The summed E-state index contributed by atoms with van der Waals surface area (Å²) in [6.07, 6.45) is 3.75. The van der Waals surface area contributed by atoms with E-state index in [9.17, 15) is 4.79 Å². The molecular weight excluding hydrogens is 242 g/mol. The zero-order valence-corrected chi connectivity index (χ0v) is 12.7. The molecule has 1 heterocycles. The fourth-order valence-electron chi connectivity index (χ4n) is 2.61. The van der Waals surface area contributed by atoms with Gasteiger partial charge in [-0.05, 0) is 38.3 Å². The fourth-order valence-corrected chi connectivity index (χ4v) is 2.61. The zero-order valence-electron chi connectivity index (χ0n) is 12.7. The van der Waals surface area contributed by atoms with Gasteiger partial charge in [-0.25, -0.2) is 0 Å². The lowest BCUT2D eigenvalue weighted by molar-refractivity contribution is -0.160. The van der Waals surface area contributed by atoms with E-state index < -0.39 is 0 Å². The van der Waals surface area contributed by atoms with Crippen molar-refractivity contribution in [1.29, 1.82) is 0 Å². The van der Waals surface area contributed by atoms with Crippen molar-refractivity contribution in [2.24, 2.45) is 11.3 Å². The Bertz CT molecular complexity index is 255. The number of hydrogen-bond acceptors (Lipinski definition) is 4. The molecule has 4 nitrogen and oxygen atoms in total. The Morgan fingerprint density at radius 1 is 1.26 bits per heavy atom. The van der Waals surface area contributed by atoms with Gasteiger partial charge in [0.2, 0.25) is 0 Å². The molecule has 0 amide bonds. The first-order valence-electron chi connectivity index (χ1n) is 7.56. The second-order valence-electron chi connectivity index (χ2n) is 5.89. The third-order valence-electron chi connectivity index (χ3n) is 3.63. The predicted molar refractivity (Wildman–Crippen MR) is 76.1 cm³/mol. The Labute approximate surface area is 117 Å². The molecule has 1 rings (SSSR count). The number of carbonyl (C=O) groups excluding carboxylic acids is 1. The molecule has 0 aromatic heterocycles. The first-order valence-corrected chi connectivity index (χ1v) is 7.56. The molecule has 0 saturated carbocycles. The maximum absolute atomic E-state index is 12.3. The third kappa shape index (κ3) is 5.49. The van der Waals surface area contributed by atoms with E-state index in [0.717, 1.165) is 45.4 Å². The van der Waals surface area contributed by atoms with Crippen LogP contribution < -0.4 is 5.32 Å². The summed E-state index contributed by atoms with van der Waals surface area (Å²) >= 11 is 0. The highest BCUT2D eigenvalue weighted by molar-refractivity contribution is 5.77. The number of nitrogens with one attached hydrogen (secondary N) is 1. The monoisotopic (exact) mass is 271 g/mol. The van der Waals surface area contributed by atoms with Gasteiger partial charge >= 0.3 is 5.97 Å². The lowest BCUT2D eigenvalue weighted by Crippen LogP contribution is -2.43. The van der Waals surface area contributed by atoms with Crippen LogP contribution in [0.2, 0.25) is 0 Å². The first kappa shape index (κ1) is 16.4. The fraction of sp³-hybridized carbons (Fsp3) is 0.933. The Kier molecular flexibility index (Phi) is 7.39. The molecule has 0 radical (unpaired) electrons. The van der Waals surface area contributed by atoms with E-state index in [1.165, 1.54) is 0 Å². The van der Waals surface area contributed by atoms with E-state index in [2.05, 4.69) is 26.1 Å². The predicted octanol–water partition coefficient (Wildman–Crippen LogP) is 2.37. The largest absolute Gasteiger partial charge is 0.463 e. The van der Waals surface area contributed by atoms with Gasteiger partial charge in [-0.3, -0.25) is 4.79 Å². The average Bonchev–Trinajstić information content (AvgIpc) is 2.39. The molecule has 0 spiro atoms. The molecule has 4 heteroatoms. The van der Waals surface area contributed by atoms with Crippen LogP contribution in [0, 0.1) is 11.3 Å². The minimum Gasteiger partial charge on any atom is -0.463 e. The summed E-state index contributed by atoms with van der Waals surface area (Å²) in [5, 5.41) is 3.31. The second-order valence-corrected chi connectivity index (χ2v) is 5.89. The van der Waals surface area contributed by atoms with Crippen molar-refractivity contribution in [1.82, 2.24) is 5.32 Å². The smallest absolute Gasteiger partial charge is 0.312 e. The lowest BCUT2D eigenvalue weighted by atomic mass is 9.75. The molecule has 0 aromatic carbocycles. The number of hydrogen-bond donors (Lipinski definition) is 1. The van der Waals surface area contributed by atoms with Crippen LogP contribution in [0.15, 0.2) is 0 Å². The van der Waals surface area contributed by atoms with Crippen molar-refractivity contribution in [2.75, 3.05) is 32.9 Å². The molecule has 0 unspecified atom stereocenters. The van der Waals surface area contributed by atoms with Crippen molar-refractivity contribution < 1.29 is 14.3 Å². The molecule has 0 aromatic rings. The van der Waals surface area contributed by atoms with Gasteiger partial charge in [-0.1, -0.05) is 27.2 Å². The molecule has 1 aliphatic rings. The van der Waals surface area contributed by atoms with Crippen molar-refractivity contribution in [3.05, 3.63) is 0 Å². The van der Waals surface area contributed by atoms with E-state index in [1.54, 1.807) is 0 Å². The van der Waals surface area contributed by atoms with Crippen molar-refractivity contribution in [3.8, 4) is 0 Å². The molecule has 1 N–H and O–H groups in total. The zero-order chi connectivity index (χ0) is 14.1. The summed E-state index contributed by atoms with van der Waals surface area (Å²) in [7, 11) is 0. The minimum atomic E-state index is -0.252. The first-order chi connectivity index (χ1) is 9.10. The topological polar surface area (TPSA) is 47.6 Å². The highest BCUT2D eigenvalue weighted by atomic mass is 16.6. The molecule has 112 valence electrons. The standard InChI is InChI=1S/C15H29NO3/c1-4-5-15(6-8-16-9-7-15)14(17)19-11-10-18-12-13(2)3/h13,16H,4-12H2,1-3H3. The maximum atomic E-state index is 12.3. The maximum Gasteiger partial charge on any atom is 0.312 e. The van der Waals surface area contributed by atoms with Crippen LogP contribution in [0.3, 0.4) is 0 Å². The van der Waals surface area contributed by atoms with Crippen molar-refractivity contribution in [3.63, 3.8) is 0 Å². The number of ether oxygens (including phenoxy) is 2. The van der Waals surface area contributed by atoms with Gasteiger partial charge in [-0.15, -0.1) is 0 Å². The summed E-state index contributed by atoms with van der Waals surface area (Å²) in [6, 6.07) is 0. The summed E-state index contributed by atoms with van der Waals surface area (Å²) < 4.78 is 10.9. The van der Waals surface area contributed by atoms with Crippen LogP contribution in [0.4, 0.5) is 0 Å². The van der Waals surface area contributed by atoms with Crippen LogP contribution in [0.5, 0.6) is 0 Å². The van der Waals surface area contributed by atoms with Crippen molar-refractivity contribution in [2.45, 2.75) is 46.5 Å². The van der Waals surface area contributed by atoms with Gasteiger partial charge < -0.3 is 14.8 Å². The van der Waals surface area contributed by atoms with Gasteiger partial charge in [0.05, 0.1) is 12.0 Å². The number of piperidine rings is 1. The van der Waals surface area contributed by atoms with E-state index >= 15 is 0 Å². The normalized spacial score (nSPS) is 18.5. The van der Waals surface area contributed by atoms with Gasteiger partial charge in [-0.2, -0.15) is 0 Å². The summed E-state index contributed by atoms with van der Waals surface area (Å²) in [6.45, 7) is 9.78. The van der Waals surface area contributed by atoms with Crippen LogP contribution >= 0.6 is 0 Å². The molecule has 19 heavy (non-hydrogen) atoms. The van der Waals surface area contributed by atoms with Gasteiger partial charge in [0, 0.05) is 6.61 Å². The second kappa shape index (κ2) is 8.54. The van der Waals surface area contributed by atoms with E-state index in [-0.39, 0.29) is 11.4 Å². The van der Waals surface area contributed by atoms with E-state index in [0.29, 0.717) is 19.1 Å². The summed E-state index contributed by atoms with van der Waals surface area (Å²) in [5.41, 5.74) is -0.252. The number of carbonyl (C=O) groups is 1. The number of esters is 1. The minimum absolute atomic E-state index is 0.0241. The lowest BCUT2D eigenvalue weighted by Gasteiger charge is -2.35. The van der Waals surface area contributed by atoms with Gasteiger partial charge in [0.15, 0.2) is 0 Å². The van der Waals surface area contributed by atoms with Crippen LogP contribution in [-0.4, -0.2) is 38.9 Å². The van der Waals surface area contributed by atoms with E-state index in [4.69, 9.17) is 9.47 Å². The van der Waals surface area contributed by atoms with Crippen LogP contribution in [-0.2, 0) is 14.3 Å². The number of rotatable bonds is 8. The molecule has 1 aliphatic heterocycles. The van der Waals surface area contributed by atoms with Gasteiger partial charge in [0.25, 0.3) is 0 Å². The van der Waals surface area contributed by atoms with Crippen molar-refractivity contribution >= 4 is 5.97 Å². The highest BCUT2D eigenvalue weighted by Crippen LogP contribution is 2.35. The molecule has 1 saturated heterocycles. The molecule has 0 atom stereocenters. The Morgan fingerprint density at radius 3 is 2.53 bits per heavy atom. The van der Waals surface area contributed by atoms with E-state index in [1.807, 2.05) is 0 Å². The summed E-state index contributed by atoms with van der Waals surface area (Å²) in [4.78, 5) is 12.3. The Balaban J connectivity index is 2.32. The Hall–Kier alpha value is -0.610. The quantitative estimate of drug-likeness (QED) is 0.544. The molecule has 1 fully saturated rings. The average molecular weight is 271 g/mol. The third-order valence-corrected chi connectivity index (χ3v) is 3.63.